The van der Waals surface area contributed by atoms with E-state index in [2.05, 4.69) is 26.9 Å². The Morgan fingerprint density at radius 2 is 2.11 bits per heavy atom. The molecule has 0 atom stereocenters. The van der Waals surface area contributed by atoms with Crippen molar-refractivity contribution in [2.24, 2.45) is 0 Å². The van der Waals surface area contributed by atoms with Gasteiger partial charge >= 0.3 is 0 Å². The molecule has 0 bridgehead atoms. The van der Waals surface area contributed by atoms with Crippen LogP contribution in [0.5, 0.6) is 11.5 Å². The summed E-state index contributed by atoms with van der Waals surface area (Å²) in [7, 11) is 1.58. The van der Waals surface area contributed by atoms with Gasteiger partial charge in [0.05, 0.1) is 12.7 Å². The number of benzene rings is 1. The van der Waals surface area contributed by atoms with Crippen LogP contribution in [0, 0.1) is 11.3 Å². The molecule has 2 rings (SSSR count). The summed E-state index contributed by atoms with van der Waals surface area (Å²) in [5, 5.41) is 9.16. The summed E-state index contributed by atoms with van der Waals surface area (Å²) in [6, 6.07) is 5.70. The monoisotopic (exact) mass is 324 g/mol. The highest BCUT2D eigenvalue weighted by atomic mass is 79.9. The zero-order valence-electron chi connectivity index (χ0n) is 11.0. The summed E-state index contributed by atoms with van der Waals surface area (Å²) in [5.74, 6) is 1.12. The molecular weight excluding hydrogens is 308 g/mol. The Labute approximate surface area is 122 Å². The molecule has 0 saturated carbocycles. The van der Waals surface area contributed by atoms with Gasteiger partial charge in [-0.25, -0.2) is 0 Å². The van der Waals surface area contributed by atoms with E-state index < -0.39 is 0 Å². The zero-order valence-corrected chi connectivity index (χ0v) is 12.6. The van der Waals surface area contributed by atoms with Crippen molar-refractivity contribution in [2.75, 3.05) is 33.4 Å². The van der Waals surface area contributed by atoms with Crippen molar-refractivity contribution in [3.05, 3.63) is 22.2 Å². The number of halogens is 1. The van der Waals surface area contributed by atoms with Gasteiger partial charge in [0, 0.05) is 11.0 Å². The Kier molecular flexibility index (Phi) is 5.06. The number of hydrogen-bond acceptors (Lipinski definition) is 4. The standard InChI is InChI=1S/C14H17BrN2O2/c1-18-13-9-12(15)8-11(10-16)14(13)19-7-6-17-4-2-3-5-17/h8-9H,2-7H2,1H3. The first-order valence-corrected chi connectivity index (χ1v) is 7.16. The van der Waals surface area contributed by atoms with Gasteiger partial charge in [0.2, 0.25) is 0 Å². The Morgan fingerprint density at radius 1 is 1.37 bits per heavy atom. The second-order valence-electron chi connectivity index (χ2n) is 4.49. The highest BCUT2D eigenvalue weighted by Gasteiger charge is 2.15. The van der Waals surface area contributed by atoms with Gasteiger partial charge in [0.25, 0.3) is 0 Å². The van der Waals surface area contributed by atoms with Crippen LogP contribution >= 0.6 is 15.9 Å². The summed E-state index contributed by atoms with van der Waals surface area (Å²) in [5.41, 5.74) is 0.493. The van der Waals surface area contributed by atoms with E-state index >= 15 is 0 Å². The molecule has 1 fully saturated rings. The van der Waals surface area contributed by atoms with Gasteiger partial charge in [0.1, 0.15) is 12.7 Å². The maximum Gasteiger partial charge on any atom is 0.179 e. The maximum atomic E-state index is 9.16. The van der Waals surface area contributed by atoms with Crippen LogP contribution in [0.3, 0.4) is 0 Å². The van der Waals surface area contributed by atoms with Gasteiger partial charge in [-0.05, 0) is 38.1 Å². The molecule has 1 aliphatic heterocycles. The molecule has 0 aromatic heterocycles. The van der Waals surface area contributed by atoms with Crippen LogP contribution in [0.25, 0.3) is 0 Å². The summed E-state index contributed by atoms with van der Waals surface area (Å²) in [6.45, 7) is 3.76. The van der Waals surface area contributed by atoms with E-state index in [9.17, 15) is 0 Å². The van der Waals surface area contributed by atoms with Crippen molar-refractivity contribution < 1.29 is 9.47 Å². The fourth-order valence-corrected chi connectivity index (χ4v) is 2.67. The number of likely N-dealkylation sites (tertiary alicyclic amines) is 1. The lowest BCUT2D eigenvalue weighted by Crippen LogP contribution is -2.25. The fraction of sp³-hybridized carbons (Fsp3) is 0.500. The minimum atomic E-state index is 0.493. The summed E-state index contributed by atoms with van der Waals surface area (Å²) >= 11 is 3.36. The van der Waals surface area contributed by atoms with Gasteiger partial charge in [-0.2, -0.15) is 5.26 Å². The van der Waals surface area contributed by atoms with Crippen molar-refractivity contribution in [2.45, 2.75) is 12.8 Å². The van der Waals surface area contributed by atoms with Crippen LogP contribution in [-0.2, 0) is 0 Å². The lowest BCUT2D eigenvalue weighted by molar-refractivity contribution is 0.230. The highest BCUT2D eigenvalue weighted by molar-refractivity contribution is 9.10. The molecule has 5 heteroatoms. The van der Waals surface area contributed by atoms with Crippen molar-refractivity contribution in [3.63, 3.8) is 0 Å². The number of hydrogen-bond donors (Lipinski definition) is 0. The summed E-state index contributed by atoms with van der Waals surface area (Å²) in [4.78, 5) is 2.37. The summed E-state index contributed by atoms with van der Waals surface area (Å²) < 4.78 is 11.8. The predicted octanol–water partition coefficient (Wildman–Crippen LogP) is 2.80. The smallest absolute Gasteiger partial charge is 0.179 e. The molecule has 1 aromatic carbocycles. The first kappa shape index (κ1) is 14.2. The van der Waals surface area contributed by atoms with E-state index in [0.29, 0.717) is 23.7 Å². The molecule has 0 radical (unpaired) electrons. The van der Waals surface area contributed by atoms with E-state index in [-0.39, 0.29) is 0 Å². The molecule has 4 nitrogen and oxygen atoms in total. The van der Waals surface area contributed by atoms with Crippen LogP contribution in [0.15, 0.2) is 16.6 Å². The zero-order chi connectivity index (χ0) is 13.7. The summed E-state index contributed by atoms with van der Waals surface area (Å²) in [6.07, 6.45) is 2.54. The lowest BCUT2D eigenvalue weighted by Gasteiger charge is -2.17. The molecule has 0 spiro atoms. The van der Waals surface area contributed by atoms with E-state index in [1.54, 1.807) is 13.2 Å². The van der Waals surface area contributed by atoms with Crippen molar-refractivity contribution in [1.82, 2.24) is 4.90 Å². The molecule has 1 saturated heterocycles. The van der Waals surface area contributed by atoms with Crippen LogP contribution in [0.1, 0.15) is 18.4 Å². The number of ether oxygens (including phenoxy) is 2. The third-order valence-electron chi connectivity index (χ3n) is 3.21. The average Bonchev–Trinajstić information content (AvgIpc) is 2.92. The quantitative estimate of drug-likeness (QED) is 0.835. The van der Waals surface area contributed by atoms with Crippen LogP contribution in [-0.4, -0.2) is 38.3 Å². The lowest BCUT2D eigenvalue weighted by atomic mass is 10.2. The molecule has 19 heavy (non-hydrogen) atoms. The topological polar surface area (TPSA) is 45.5 Å². The second kappa shape index (κ2) is 6.78. The first-order chi connectivity index (χ1) is 9.24. The van der Waals surface area contributed by atoms with Gasteiger partial charge in [-0.15, -0.1) is 0 Å². The minimum absolute atomic E-state index is 0.493. The van der Waals surface area contributed by atoms with Crippen molar-refractivity contribution in [3.8, 4) is 17.6 Å². The fourth-order valence-electron chi connectivity index (χ4n) is 2.24. The van der Waals surface area contributed by atoms with Gasteiger partial charge in [-0.3, -0.25) is 4.90 Å². The SMILES string of the molecule is COc1cc(Br)cc(C#N)c1OCCN1CCCC1. The molecule has 0 N–H and O–H groups in total. The molecule has 0 amide bonds. The molecule has 1 heterocycles. The van der Waals surface area contributed by atoms with E-state index in [1.807, 2.05) is 6.07 Å². The molecule has 0 aliphatic carbocycles. The van der Waals surface area contributed by atoms with Crippen molar-refractivity contribution in [1.29, 1.82) is 5.26 Å². The van der Waals surface area contributed by atoms with Crippen LogP contribution in [0.2, 0.25) is 0 Å². The number of nitrogens with zero attached hydrogens (tertiary/aromatic N) is 2. The number of rotatable bonds is 5. The Balaban J connectivity index is 2.03. The Morgan fingerprint density at radius 3 is 2.74 bits per heavy atom. The van der Waals surface area contributed by atoms with E-state index in [1.165, 1.54) is 12.8 Å². The highest BCUT2D eigenvalue weighted by Crippen LogP contribution is 2.34. The normalized spacial score (nSPS) is 15.2. The Hall–Kier alpha value is -1.25. The molecular formula is C14H17BrN2O2. The molecule has 102 valence electrons. The van der Waals surface area contributed by atoms with Gasteiger partial charge in [0.15, 0.2) is 11.5 Å². The third kappa shape index (κ3) is 3.62. The number of methoxy groups -OCH3 is 1. The first-order valence-electron chi connectivity index (χ1n) is 6.37. The van der Waals surface area contributed by atoms with E-state index in [4.69, 9.17) is 14.7 Å². The average molecular weight is 325 g/mol. The minimum Gasteiger partial charge on any atom is -0.493 e. The van der Waals surface area contributed by atoms with E-state index in [0.717, 1.165) is 24.1 Å². The molecule has 0 unspecified atom stereocenters. The van der Waals surface area contributed by atoms with Crippen LogP contribution in [0.4, 0.5) is 0 Å². The Bertz CT molecular complexity index is 479. The maximum absolute atomic E-state index is 9.16. The largest absolute Gasteiger partial charge is 0.493 e. The molecule has 1 aliphatic rings. The number of nitriles is 1. The van der Waals surface area contributed by atoms with Gasteiger partial charge in [-0.1, -0.05) is 15.9 Å². The van der Waals surface area contributed by atoms with Crippen molar-refractivity contribution >= 4 is 15.9 Å². The third-order valence-corrected chi connectivity index (χ3v) is 3.67. The van der Waals surface area contributed by atoms with Gasteiger partial charge < -0.3 is 9.47 Å². The molecule has 1 aromatic rings. The van der Waals surface area contributed by atoms with Crippen LogP contribution < -0.4 is 9.47 Å². The predicted molar refractivity (Wildman–Crippen MR) is 76.6 cm³/mol. The second-order valence-corrected chi connectivity index (χ2v) is 5.41.